The van der Waals surface area contributed by atoms with Crippen LogP contribution in [-0.4, -0.2) is 22.8 Å². The van der Waals surface area contributed by atoms with E-state index < -0.39 is 22.8 Å². The number of anilines is 1. The molecule has 0 aliphatic carbocycles. The smallest absolute Gasteiger partial charge is 0.318 e. The predicted molar refractivity (Wildman–Crippen MR) is 82.7 cm³/mol. The monoisotopic (exact) mass is 372 g/mol. The van der Waals surface area contributed by atoms with Crippen molar-refractivity contribution in [2.75, 3.05) is 5.32 Å². The molecule has 10 heteroatoms. The Morgan fingerprint density at radius 3 is 2.16 bits per heavy atom. The molecule has 6 nitrogen and oxygen atoms in total. The second-order valence-electron chi connectivity index (χ2n) is 4.78. The number of rotatable bonds is 4. The van der Waals surface area contributed by atoms with Gasteiger partial charge in [0, 0.05) is 28.9 Å². The normalized spacial score (nSPS) is 11.0. The van der Waals surface area contributed by atoms with E-state index in [0.29, 0.717) is 0 Å². The van der Waals surface area contributed by atoms with Gasteiger partial charge in [-0.15, -0.1) is 0 Å². The van der Waals surface area contributed by atoms with Gasteiger partial charge >= 0.3 is 12.1 Å². The molecule has 130 valence electrons. The summed E-state index contributed by atoms with van der Waals surface area (Å²) >= 11 is 5.86. The third-order valence-corrected chi connectivity index (χ3v) is 3.38. The van der Waals surface area contributed by atoms with Gasteiger partial charge < -0.3 is 5.32 Å². The number of carbonyl (C=O) groups is 2. The van der Waals surface area contributed by atoms with Gasteiger partial charge in [-0.2, -0.15) is 13.2 Å². The molecule has 0 spiro atoms. The fraction of sp³-hybridized carbons (Fsp3) is 0.0667. The second-order valence-corrected chi connectivity index (χ2v) is 5.19. The van der Waals surface area contributed by atoms with Crippen LogP contribution >= 0.6 is 11.6 Å². The molecule has 2 aromatic carbocycles. The summed E-state index contributed by atoms with van der Waals surface area (Å²) in [6.45, 7) is 0. The molecule has 1 amide bonds. The Labute approximate surface area is 143 Å². The van der Waals surface area contributed by atoms with Crippen molar-refractivity contribution in [1.29, 1.82) is 0 Å². The maximum Gasteiger partial charge on any atom is 0.471 e. The minimum atomic E-state index is -5.03. The third kappa shape index (κ3) is 4.32. The topological polar surface area (TPSA) is 89.3 Å². The number of halogens is 4. The van der Waals surface area contributed by atoms with Crippen LogP contribution in [0.15, 0.2) is 42.5 Å². The van der Waals surface area contributed by atoms with Gasteiger partial charge in [-0.05, 0) is 30.3 Å². The van der Waals surface area contributed by atoms with Crippen molar-refractivity contribution < 1.29 is 27.7 Å². The highest BCUT2D eigenvalue weighted by Crippen LogP contribution is 2.25. The number of hydrogen-bond acceptors (Lipinski definition) is 4. The van der Waals surface area contributed by atoms with E-state index in [-0.39, 0.29) is 27.5 Å². The number of non-ortho nitro benzene ring substituents is 1. The molecule has 0 aromatic heterocycles. The number of nitro groups is 1. The number of ketones is 1. The molecule has 0 aliphatic heterocycles. The number of benzene rings is 2. The molecular formula is C15H8ClF3N2O4. The van der Waals surface area contributed by atoms with Crippen molar-refractivity contribution in [3.63, 3.8) is 0 Å². The molecule has 0 unspecified atom stereocenters. The first-order valence-electron chi connectivity index (χ1n) is 6.56. The zero-order valence-corrected chi connectivity index (χ0v) is 12.9. The summed E-state index contributed by atoms with van der Waals surface area (Å²) < 4.78 is 36.5. The zero-order valence-electron chi connectivity index (χ0n) is 12.1. The quantitative estimate of drug-likeness (QED) is 0.499. The first-order valence-corrected chi connectivity index (χ1v) is 6.94. The molecule has 0 aliphatic rings. The molecular weight excluding hydrogens is 365 g/mol. The average Bonchev–Trinajstić information content (AvgIpc) is 2.53. The number of nitro benzene ring substituents is 1. The van der Waals surface area contributed by atoms with Gasteiger partial charge in [0.25, 0.3) is 5.69 Å². The second kappa shape index (κ2) is 6.89. The Morgan fingerprint density at radius 1 is 1.08 bits per heavy atom. The number of hydrogen-bond donors (Lipinski definition) is 1. The fourth-order valence-corrected chi connectivity index (χ4v) is 2.12. The van der Waals surface area contributed by atoms with E-state index in [1.54, 1.807) is 5.32 Å². The Balaban J connectivity index is 2.21. The zero-order chi connectivity index (χ0) is 18.8. The number of nitrogens with zero attached hydrogens (tertiary/aromatic N) is 1. The van der Waals surface area contributed by atoms with Crippen molar-refractivity contribution >= 4 is 34.7 Å². The minimum absolute atomic E-state index is 0.000608. The van der Waals surface area contributed by atoms with Crippen molar-refractivity contribution in [3.05, 3.63) is 68.7 Å². The summed E-state index contributed by atoms with van der Waals surface area (Å²) in [7, 11) is 0. The van der Waals surface area contributed by atoms with Gasteiger partial charge in [0.2, 0.25) is 0 Å². The van der Waals surface area contributed by atoms with Crippen LogP contribution in [0.5, 0.6) is 0 Å². The van der Waals surface area contributed by atoms with Crippen LogP contribution in [0.3, 0.4) is 0 Å². The van der Waals surface area contributed by atoms with E-state index in [2.05, 4.69) is 0 Å². The maximum atomic E-state index is 12.3. The third-order valence-electron chi connectivity index (χ3n) is 3.07. The average molecular weight is 373 g/mol. The van der Waals surface area contributed by atoms with Crippen LogP contribution in [0, 0.1) is 10.1 Å². The van der Waals surface area contributed by atoms with Crippen molar-refractivity contribution in [1.82, 2.24) is 0 Å². The van der Waals surface area contributed by atoms with Gasteiger partial charge in [-0.3, -0.25) is 19.7 Å². The van der Waals surface area contributed by atoms with Crippen molar-refractivity contribution in [3.8, 4) is 0 Å². The van der Waals surface area contributed by atoms with Crippen LogP contribution < -0.4 is 5.32 Å². The largest absolute Gasteiger partial charge is 0.471 e. The number of nitrogens with one attached hydrogen (secondary N) is 1. The van der Waals surface area contributed by atoms with E-state index in [1.165, 1.54) is 18.2 Å². The SMILES string of the molecule is O=C(c1ccc(NC(=O)C(F)(F)F)cc1)c1ccc([N+](=O)[O-])cc1Cl. The van der Waals surface area contributed by atoms with Gasteiger partial charge in [0.15, 0.2) is 5.78 Å². The van der Waals surface area contributed by atoms with Crippen molar-refractivity contribution in [2.24, 2.45) is 0 Å². The summed E-state index contributed by atoms with van der Waals surface area (Å²) in [5.74, 6) is -2.71. The van der Waals surface area contributed by atoms with E-state index in [9.17, 15) is 32.9 Å². The molecule has 0 saturated carbocycles. The molecule has 0 heterocycles. The van der Waals surface area contributed by atoms with Gasteiger partial charge in [0.1, 0.15) is 0 Å². The Kier molecular flexibility index (Phi) is 5.07. The van der Waals surface area contributed by atoms with Gasteiger partial charge in [-0.1, -0.05) is 11.6 Å². The Hall–Kier alpha value is -2.94. The predicted octanol–water partition coefficient (Wildman–Crippen LogP) is 3.98. The summed E-state index contributed by atoms with van der Waals surface area (Å²) in [5, 5.41) is 12.2. The highest BCUT2D eigenvalue weighted by Gasteiger charge is 2.38. The highest BCUT2D eigenvalue weighted by atomic mass is 35.5. The first kappa shape index (κ1) is 18.4. The van der Waals surface area contributed by atoms with Crippen LogP contribution in [0.4, 0.5) is 24.5 Å². The van der Waals surface area contributed by atoms with E-state index in [4.69, 9.17) is 11.6 Å². The standard InChI is InChI=1S/C15H8ClF3N2O4/c16-12-7-10(21(24)25)5-6-11(12)13(22)8-1-3-9(4-2-8)20-14(23)15(17,18)19/h1-7H,(H,20,23). The maximum absolute atomic E-state index is 12.3. The van der Waals surface area contributed by atoms with Gasteiger partial charge in [0.05, 0.1) is 9.95 Å². The van der Waals surface area contributed by atoms with E-state index in [0.717, 1.165) is 24.3 Å². The first-order chi connectivity index (χ1) is 11.6. The van der Waals surface area contributed by atoms with Crippen LogP contribution in [0.2, 0.25) is 5.02 Å². The molecule has 25 heavy (non-hydrogen) atoms. The minimum Gasteiger partial charge on any atom is -0.318 e. The van der Waals surface area contributed by atoms with Crippen LogP contribution in [0.1, 0.15) is 15.9 Å². The Bertz CT molecular complexity index is 851. The van der Waals surface area contributed by atoms with Crippen LogP contribution in [-0.2, 0) is 4.79 Å². The summed E-state index contributed by atoms with van der Waals surface area (Å²) in [6, 6.07) is 7.95. The molecule has 0 fully saturated rings. The molecule has 2 aromatic rings. The lowest BCUT2D eigenvalue weighted by molar-refractivity contribution is -0.384. The van der Waals surface area contributed by atoms with E-state index >= 15 is 0 Å². The van der Waals surface area contributed by atoms with Crippen LogP contribution in [0.25, 0.3) is 0 Å². The van der Waals surface area contributed by atoms with Crippen molar-refractivity contribution in [2.45, 2.75) is 6.18 Å². The number of alkyl halides is 3. The number of amides is 1. The lowest BCUT2D eigenvalue weighted by Crippen LogP contribution is -2.29. The lowest BCUT2D eigenvalue weighted by Gasteiger charge is -2.09. The molecule has 2 rings (SSSR count). The number of carbonyl (C=O) groups excluding carboxylic acids is 2. The molecule has 0 saturated heterocycles. The molecule has 0 radical (unpaired) electrons. The van der Waals surface area contributed by atoms with Gasteiger partial charge in [-0.25, -0.2) is 0 Å². The molecule has 0 bridgehead atoms. The summed E-state index contributed by atoms with van der Waals surface area (Å²) in [5.41, 5.74) is -0.347. The molecule has 1 N–H and O–H groups in total. The fourth-order valence-electron chi connectivity index (χ4n) is 1.86. The highest BCUT2D eigenvalue weighted by molar-refractivity contribution is 6.35. The summed E-state index contributed by atoms with van der Waals surface area (Å²) in [4.78, 5) is 33.1. The molecule has 0 atom stereocenters. The Morgan fingerprint density at radius 2 is 1.68 bits per heavy atom. The van der Waals surface area contributed by atoms with E-state index in [1.807, 2.05) is 0 Å². The summed E-state index contributed by atoms with van der Waals surface area (Å²) in [6.07, 6.45) is -5.03. The lowest BCUT2D eigenvalue weighted by atomic mass is 10.0.